The smallest absolute Gasteiger partial charge is 0.243 e. The van der Waals surface area contributed by atoms with E-state index in [1.165, 1.54) is 31.9 Å². The third-order valence-corrected chi connectivity index (χ3v) is 7.50. The van der Waals surface area contributed by atoms with Crippen LogP contribution in [0.4, 0.5) is 5.95 Å². The molecule has 0 bridgehead atoms. The van der Waals surface area contributed by atoms with Crippen LogP contribution >= 0.6 is 11.6 Å². The number of hydrogen-bond donors (Lipinski definition) is 1. The number of anilines is 1. The van der Waals surface area contributed by atoms with Crippen LogP contribution in [0.2, 0.25) is 0 Å². The third kappa shape index (κ3) is 6.84. The van der Waals surface area contributed by atoms with Gasteiger partial charge >= 0.3 is 0 Å². The summed E-state index contributed by atoms with van der Waals surface area (Å²) in [5.41, 5.74) is 1.86. The lowest BCUT2D eigenvalue weighted by molar-refractivity contribution is 0.108. The highest BCUT2D eigenvalue weighted by Gasteiger charge is 2.35. The molecule has 0 saturated heterocycles. The molecule has 12 nitrogen and oxygen atoms in total. The van der Waals surface area contributed by atoms with Crippen LogP contribution in [0.1, 0.15) is 26.3 Å². The summed E-state index contributed by atoms with van der Waals surface area (Å²) in [5, 5.41) is 7.70. The predicted octanol–water partition coefficient (Wildman–Crippen LogP) is 4.39. The first-order valence-electron chi connectivity index (χ1n) is 12.2. The number of allylic oxidation sites excluding steroid dienone is 1. The summed E-state index contributed by atoms with van der Waals surface area (Å²) in [6, 6.07) is 7.03. The summed E-state index contributed by atoms with van der Waals surface area (Å²) in [4.78, 5) is 12.3. The normalized spacial score (nSPS) is 14.0. The number of rotatable bonds is 12. The SMILES string of the molecule is C=N/C(=N\C=C(/C)Cl)[C@@H](OCC)[C@H](C)S(=O)(=O)Nc1nnc(-c2cncc(C)c2)n1-c1c(OC)cccc1OC. The molecule has 2 aromatic heterocycles. The highest BCUT2D eigenvalue weighted by atomic mass is 35.5. The fourth-order valence-corrected chi connectivity index (χ4v) is 4.97. The molecule has 40 heavy (non-hydrogen) atoms. The second kappa shape index (κ2) is 13.5. The molecule has 0 aliphatic rings. The van der Waals surface area contributed by atoms with Crippen LogP contribution in [-0.2, 0) is 14.8 Å². The number of amidine groups is 1. The molecule has 2 heterocycles. The fraction of sp³-hybridized carbons (Fsp3) is 0.346. The van der Waals surface area contributed by atoms with Gasteiger partial charge in [0.25, 0.3) is 0 Å². The maximum Gasteiger partial charge on any atom is 0.243 e. The number of sulfonamides is 1. The quantitative estimate of drug-likeness (QED) is 0.242. The number of aryl methyl sites for hydroxylation is 1. The Hall–Kier alpha value is -3.81. The first-order chi connectivity index (χ1) is 19.1. The molecule has 2 atom stereocenters. The van der Waals surface area contributed by atoms with Gasteiger partial charge in [-0.05, 0) is 58.2 Å². The molecular formula is C26H32ClN7O5S. The standard InChI is InChI=1S/C26H32ClN7O5S/c1-8-39-23(24(28-5)30-14-17(3)27)18(4)40(35,36)33-26-32-31-25(19-12-16(2)13-29-15-19)34(26)22-20(37-6)10-9-11-21(22)38-7/h9-15,18,23H,5,8H2,1-4,6-7H3,(H,32,33)/b17-14+,30-24-/t18-,23-/m0/s1. The molecule has 0 radical (unpaired) electrons. The van der Waals surface area contributed by atoms with Crippen molar-refractivity contribution in [2.24, 2.45) is 9.98 Å². The average Bonchev–Trinajstić information content (AvgIpc) is 3.33. The van der Waals surface area contributed by atoms with Gasteiger partial charge in [-0.1, -0.05) is 17.7 Å². The Bertz CT molecular complexity index is 1500. The lowest BCUT2D eigenvalue weighted by Crippen LogP contribution is -2.42. The Balaban J connectivity index is 2.19. The molecule has 1 aromatic carbocycles. The second-order valence-electron chi connectivity index (χ2n) is 8.53. The van der Waals surface area contributed by atoms with Gasteiger partial charge < -0.3 is 14.2 Å². The Morgan fingerprint density at radius 1 is 1.23 bits per heavy atom. The van der Waals surface area contributed by atoms with Gasteiger partial charge in [0.1, 0.15) is 28.5 Å². The van der Waals surface area contributed by atoms with E-state index >= 15 is 0 Å². The van der Waals surface area contributed by atoms with Gasteiger partial charge in [-0.25, -0.2) is 18.4 Å². The van der Waals surface area contributed by atoms with Crippen molar-refractivity contribution in [1.29, 1.82) is 0 Å². The van der Waals surface area contributed by atoms with Gasteiger partial charge in [-0.3, -0.25) is 14.3 Å². The van der Waals surface area contributed by atoms with Crippen molar-refractivity contribution in [3.63, 3.8) is 0 Å². The topological polar surface area (TPSA) is 142 Å². The summed E-state index contributed by atoms with van der Waals surface area (Å²) in [6.45, 7) is 10.4. The third-order valence-electron chi connectivity index (χ3n) is 5.71. The van der Waals surface area contributed by atoms with Crippen molar-refractivity contribution < 1.29 is 22.6 Å². The predicted molar refractivity (Wildman–Crippen MR) is 156 cm³/mol. The molecule has 14 heteroatoms. The summed E-state index contributed by atoms with van der Waals surface area (Å²) in [5.74, 6) is 1.05. The van der Waals surface area contributed by atoms with Crippen LogP contribution in [0.5, 0.6) is 11.5 Å². The van der Waals surface area contributed by atoms with Crippen molar-refractivity contribution in [3.05, 3.63) is 53.5 Å². The van der Waals surface area contributed by atoms with Crippen LogP contribution in [0.3, 0.4) is 0 Å². The molecule has 0 aliphatic carbocycles. The molecule has 0 fully saturated rings. The molecule has 0 unspecified atom stereocenters. The van der Waals surface area contributed by atoms with Crippen molar-refractivity contribution >= 4 is 40.1 Å². The highest BCUT2D eigenvalue weighted by molar-refractivity contribution is 7.93. The van der Waals surface area contributed by atoms with E-state index in [0.29, 0.717) is 33.6 Å². The molecule has 3 aromatic rings. The first kappa shape index (κ1) is 30.7. The first-order valence-corrected chi connectivity index (χ1v) is 14.1. The molecular weight excluding hydrogens is 558 g/mol. The summed E-state index contributed by atoms with van der Waals surface area (Å²) < 4.78 is 48.5. The number of halogens is 1. The zero-order chi connectivity index (χ0) is 29.4. The Morgan fingerprint density at radius 3 is 2.45 bits per heavy atom. The van der Waals surface area contributed by atoms with Crippen molar-refractivity contribution in [1.82, 2.24) is 19.7 Å². The molecule has 1 N–H and O–H groups in total. The van der Waals surface area contributed by atoms with E-state index in [4.69, 9.17) is 25.8 Å². The van der Waals surface area contributed by atoms with Crippen molar-refractivity contribution in [3.8, 4) is 28.6 Å². The minimum absolute atomic E-state index is 0.0547. The number of pyridine rings is 1. The van der Waals surface area contributed by atoms with Gasteiger partial charge in [-0.2, -0.15) is 0 Å². The number of nitrogens with one attached hydrogen (secondary N) is 1. The van der Waals surface area contributed by atoms with Crippen LogP contribution in [0.15, 0.2) is 57.9 Å². The largest absolute Gasteiger partial charge is 0.494 e. The number of methoxy groups -OCH3 is 2. The molecule has 0 saturated carbocycles. The Kier molecular flexibility index (Phi) is 10.4. The molecule has 214 valence electrons. The molecule has 0 aliphatic heterocycles. The lowest BCUT2D eigenvalue weighted by Gasteiger charge is -2.24. The number of para-hydroxylation sites is 1. The van der Waals surface area contributed by atoms with Gasteiger partial charge in [0.05, 0.1) is 14.2 Å². The zero-order valence-electron chi connectivity index (χ0n) is 23.1. The minimum Gasteiger partial charge on any atom is -0.494 e. The summed E-state index contributed by atoms with van der Waals surface area (Å²) in [7, 11) is -1.20. The van der Waals surface area contributed by atoms with Crippen molar-refractivity contribution in [2.75, 3.05) is 25.5 Å². The maximum absolute atomic E-state index is 13.8. The van der Waals surface area contributed by atoms with E-state index < -0.39 is 21.4 Å². The number of ether oxygens (including phenoxy) is 3. The highest BCUT2D eigenvalue weighted by Crippen LogP contribution is 2.38. The minimum atomic E-state index is -4.19. The maximum atomic E-state index is 13.8. The van der Waals surface area contributed by atoms with Gasteiger partial charge in [0.15, 0.2) is 11.7 Å². The van der Waals surface area contributed by atoms with Gasteiger partial charge in [-0.15, -0.1) is 10.2 Å². The summed E-state index contributed by atoms with van der Waals surface area (Å²) in [6.07, 6.45) is 3.58. The van der Waals surface area contributed by atoms with E-state index in [1.807, 2.05) is 13.0 Å². The van der Waals surface area contributed by atoms with Crippen LogP contribution < -0.4 is 14.2 Å². The van der Waals surface area contributed by atoms with Crippen LogP contribution in [0, 0.1) is 6.92 Å². The van der Waals surface area contributed by atoms with E-state index in [0.717, 1.165) is 5.56 Å². The monoisotopic (exact) mass is 589 g/mol. The zero-order valence-corrected chi connectivity index (χ0v) is 24.7. The van der Waals surface area contributed by atoms with E-state index in [2.05, 4.69) is 36.6 Å². The average molecular weight is 590 g/mol. The fourth-order valence-electron chi connectivity index (χ4n) is 3.82. The summed E-state index contributed by atoms with van der Waals surface area (Å²) >= 11 is 5.90. The van der Waals surface area contributed by atoms with E-state index in [1.54, 1.807) is 44.4 Å². The molecule has 0 amide bonds. The van der Waals surface area contributed by atoms with Gasteiger partial charge in [0.2, 0.25) is 16.0 Å². The number of aromatic nitrogens is 4. The van der Waals surface area contributed by atoms with E-state index in [9.17, 15) is 8.42 Å². The molecule has 0 spiro atoms. The van der Waals surface area contributed by atoms with E-state index in [-0.39, 0.29) is 18.4 Å². The van der Waals surface area contributed by atoms with Crippen molar-refractivity contribution in [2.45, 2.75) is 39.0 Å². The van der Waals surface area contributed by atoms with Crippen LogP contribution in [-0.4, -0.2) is 72.9 Å². The molecule has 3 rings (SSSR count). The number of aliphatic imine (C=N–C) groups is 2. The Labute approximate surface area is 238 Å². The lowest BCUT2D eigenvalue weighted by atomic mass is 10.2. The second-order valence-corrected chi connectivity index (χ2v) is 11.2. The number of benzene rings is 1. The number of hydrogen-bond acceptors (Lipinski definition) is 9. The van der Waals surface area contributed by atoms with Gasteiger partial charge in [0, 0.05) is 35.8 Å². The number of nitrogens with zero attached hydrogens (tertiary/aromatic N) is 6. The van der Waals surface area contributed by atoms with Crippen LogP contribution in [0.25, 0.3) is 17.1 Å². The Morgan fingerprint density at radius 2 is 1.90 bits per heavy atom.